The summed E-state index contributed by atoms with van der Waals surface area (Å²) in [5.41, 5.74) is -1.06. The molecule has 0 bridgehead atoms. The maximum Gasteiger partial charge on any atom is 0.469 e. The topological polar surface area (TPSA) is 151 Å². The number of nitrogens with zero attached hydrogens (tertiary/aromatic N) is 1. The fourth-order valence-corrected chi connectivity index (χ4v) is 2.75. The van der Waals surface area contributed by atoms with Crippen molar-refractivity contribution in [3.63, 3.8) is 0 Å². The fourth-order valence-electron chi connectivity index (χ4n) is 2.18. The predicted molar refractivity (Wildman–Crippen MR) is 68.5 cm³/mol. The predicted octanol–water partition coefficient (Wildman–Crippen LogP) is -1.63. The van der Waals surface area contributed by atoms with Crippen molar-refractivity contribution in [2.75, 3.05) is 6.61 Å². The lowest BCUT2D eigenvalue weighted by Gasteiger charge is -2.16. The third-order valence-corrected chi connectivity index (χ3v) is 3.75. The van der Waals surface area contributed by atoms with E-state index in [0.29, 0.717) is 0 Å². The van der Waals surface area contributed by atoms with Crippen LogP contribution in [0.4, 0.5) is 0 Å². The number of H-pyrrole nitrogens is 1. The maximum atomic E-state index is 12.0. The number of ether oxygens (including phenoxy) is 1. The quantitative estimate of drug-likeness (QED) is 0.482. The number of rotatable bonds is 4. The van der Waals surface area contributed by atoms with Crippen LogP contribution in [0.2, 0.25) is 0 Å². The van der Waals surface area contributed by atoms with E-state index in [9.17, 15) is 14.2 Å². The first-order valence-electron chi connectivity index (χ1n) is 6.02. The molecule has 1 aromatic rings. The normalized spacial score (nSPS) is 26.2. The van der Waals surface area contributed by atoms with Gasteiger partial charge in [-0.1, -0.05) is 0 Å². The van der Waals surface area contributed by atoms with Crippen molar-refractivity contribution in [2.45, 2.75) is 24.7 Å². The third kappa shape index (κ3) is 3.49. The summed E-state index contributed by atoms with van der Waals surface area (Å²) < 4.78 is 21.7. The molecular formula is C10H15N2O8P. The van der Waals surface area contributed by atoms with Crippen LogP contribution in [0.1, 0.15) is 18.1 Å². The Morgan fingerprint density at radius 2 is 2.19 bits per heavy atom. The summed E-state index contributed by atoms with van der Waals surface area (Å²) in [6, 6.07) is 0. The summed E-state index contributed by atoms with van der Waals surface area (Å²) in [5, 5.41) is 9.17. The van der Waals surface area contributed by atoms with Gasteiger partial charge in [0.05, 0.1) is 18.3 Å². The van der Waals surface area contributed by atoms with Gasteiger partial charge in [0, 0.05) is 19.7 Å². The first kappa shape index (κ1) is 16.1. The smallest absolute Gasteiger partial charge is 0.394 e. The molecule has 0 aromatic carbocycles. The average Bonchev–Trinajstić information content (AvgIpc) is 2.76. The molecule has 0 radical (unpaired) electrons. The number of hydrogen-bond acceptors (Lipinski definition) is 6. The zero-order valence-corrected chi connectivity index (χ0v) is 11.9. The molecule has 2 heterocycles. The third-order valence-electron chi connectivity index (χ3n) is 3.21. The molecule has 4 N–H and O–H groups in total. The molecule has 1 aliphatic heterocycles. The van der Waals surface area contributed by atoms with Crippen LogP contribution in [0.25, 0.3) is 0 Å². The Kier molecular flexibility index (Phi) is 4.47. The number of aromatic amines is 1. The number of hydrogen-bond donors (Lipinski definition) is 4. The summed E-state index contributed by atoms with van der Waals surface area (Å²) in [4.78, 5) is 43.2. The molecule has 10 nitrogen and oxygen atoms in total. The van der Waals surface area contributed by atoms with E-state index >= 15 is 0 Å². The van der Waals surface area contributed by atoms with Crippen LogP contribution in [0.3, 0.4) is 0 Å². The summed E-state index contributed by atoms with van der Waals surface area (Å²) in [5.74, 6) is 0. The van der Waals surface area contributed by atoms with Gasteiger partial charge in [-0.2, -0.15) is 0 Å². The molecule has 2 rings (SSSR count). The number of nitrogens with one attached hydrogen (secondary N) is 1. The largest absolute Gasteiger partial charge is 0.469 e. The molecule has 0 unspecified atom stereocenters. The molecule has 1 fully saturated rings. The van der Waals surface area contributed by atoms with Crippen molar-refractivity contribution in [3.8, 4) is 0 Å². The Morgan fingerprint density at radius 1 is 1.52 bits per heavy atom. The van der Waals surface area contributed by atoms with Crippen molar-refractivity contribution in [3.05, 3.63) is 32.6 Å². The monoisotopic (exact) mass is 322 g/mol. The van der Waals surface area contributed by atoms with Gasteiger partial charge in [-0.15, -0.1) is 0 Å². The van der Waals surface area contributed by atoms with E-state index in [2.05, 4.69) is 9.51 Å². The first-order valence-corrected chi connectivity index (χ1v) is 7.55. The van der Waals surface area contributed by atoms with Gasteiger partial charge in [-0.25, -0.2) is 9.36 Å². The molecule has 0 spiro atoms. The summed E-state index contributed by atoms with van der Waals surface area (Å²) >= 11 is 0. The Balaban J connectivity index is 2.28. The first-order chi connectivity index (χ1) is 9.73. The molecule has 118 valence electrons. The van der Waals surface area contributed by atoms with E-state index in [4.69, 9.17) is 19.6 Å². The Hall–Kier alpha value is -1.29. The van der Waals surface area contributed by atoms with Crippen molar-refractivity contribution >= 4 is 7.82 Å². The highest BCUT2D eigenvalue weighted by Gasteiger charge is 2.41. The molecule has 21 heavy (non-hydrogen) atoms. The van der Waals surface area contributed by atoms with Gasteiger partial charge in [0.2, 0.25) is 0 Å². The van der Waals surface area contributed by atoms with Gasteiger partial charge in [0.15, 0.2) is 0 Å². The maximum absolute atomic E-state index is 12.0. The number of aliphatic hydroxyl groups is 1. The van der Waals surface area contributed by atoms with E-state index in [1.165, 1.54) is 13.2 Å². The van der Waals surface area contributed by atoms with Gasteiger partial charge in [-0.3, -0.25) is 13.9 Å². The molecule has 3 atom stereocenters. The van der Waals surface area contributed by atoms with E-state index in [0.717, 1.165) is 4.57 Å². The van der Waals surface area contributed by atoms with Crippen LogP contribution >= 0.6 is 7.82 Å². The van der Waals surface area contributed by atoms with Crippen LogP contribution < -0.4 is 11.2 Å². The van der Waals surface area contributed by atoms with Crippen LogP contribution in [0, 0.1) is 0 Å². The van der Waals surface area contributed by atoms with Crippen molar-refractivity contribution in [1.29, 1.82) is 0 Å². The van der Waals surface area contributed by atoms with E-state index in [1.807, 2.05) is 0 Å². The SMILES string of the molecule is Cn1c(=O)[nH]cc([C@H]2C[C@H](OP(=O)(O)O)[C@@H](CO)O2)c1=O. The van der Waals surface area contributed by atoms with Crippen molar-refractivity contribution in [1.82, 2.24) is 9.55 Å². The lowest BCUT2D eigenvalue weighted by molar-refractivity contribution is -0.0226. The minimum Gasteiger partial charge on any atom is -0.394 e. The molecule has 11 heteroatoms. The Morgan fingerprint density at radius 3 is 2.76 bits per heavy atom. The highest BCUT2D eigenvalue weighted by Crippen LogP contribution is 2.44. The number of phosphoric acid groups is 1. The number of aliphatic hydroxyl groups excluding tert-OH is 1. The van der Waals surface area contributed by atoms with Crippen LogP contribution in [-0.4, -0.2) is 43.3 Å². The van der Waals surface area contributed by atoms with Gasteiger partial charge >= 0.3 is 13.5 Å². The molecule has 0 saturated carbocycles. The zero-order chi connectivity index (χ0) is 15.8. The second-order valence-corrected chi connectivity index (χ2v) is 5.82. The lowest BCUT2D eigenvalue weighted by Crippen LogP contribution is -2.35. The van der Waals surface area contributed by atoms with Gasteiger partial charge in [0.25, 0.3) is 5.56 Å². The standard InChI is InChI=1S/C10H15N2O8P/c1-12-9(14)5(3-11-10(12)15)6-2-7(8(4-13)19-6)20-21(16,17)18/h3,6-8,13H,2,4H2,1H3,(H,11,15)(H2,16,17,18)/t6-,7+,8-/m1/s1. The second-order valence-electron chi connectivity index (χ2n) is 4.63. The lowest BCUT2D eigenvalue weighted by atomic mass is 10.1. The molecule has 0 amide bonds. The summed E-state index contributed by atoms with van der Waals surface area (Å²) in [7, 11) is -3.46. The second kappa shape index (κ2) is 5.84. The minimum atomic E-state index is -4.74. The van der Waals surface area contributed by atoms with E-state index < -0.39 is 44.0 Å². The summed E-state index contributed by atoms with van der Waals surface area (Å²) in [6.45, 7) is -0.523. The minimum absolute atomic E-state index is 0.0301. The zero-order valence-electron chi connectivity index (χ0n) is 11.0. The Bertz CT molecular complexity index is 676. The number of phosphoric ester groups is 1. The molecule has 1 saturated heterocycles. The number of aromatic nitrogens is 2. The fraction of sp³-hybridized carbons (Fsp3) is 0.600. The highest BCUT2D eigenvalue weighted by molar-refractivity contribution is 7.46. The van der Waals surface area contributed by atoms with Crippen molar-refractivity contribution in [2.24, 2.45) is 7.05 Å². The highest BCUT2D eigenvalue weighted by atomic mass is 31.2. The molecule has 0 aliphatic carbocycles. The Labute approximate surface area is 118 Å². The van der Waals surface area contributed by atoms with Crippen molar-refractivity contribution < 1.29 is 28.7 Å². The van der Waals surface area contributed by atoms with E-state index in [1.54, 1.807) is 0 Å². The van der Waals surface area contributed by atoms with Crippen LogP contribution in [-0.2, 0) is 20.9 Å². The molecule has 1 aliphatic rings. The average molecular weight is 322 g/mol. The van der Waals surface area contributed by atoms with E-state index in [-0.39, 0.29) is 12.0 Å². The summed E-state index contributed by atoms with van der Waals surface area (Å²) in [6.07, 6.45) is -1.72. The van der Waals surface area contributed by atoms with Gasteiger partial charge in [-0.05, 0) is 0 Å². The van der Waals surface area contributed by atoms with Crippen LogP contribution in [0.15, 0.2) is 15.8 Å². The molecule has 1 aromatic heterocycles. The van der Waals surface area contributed by atoms with Gasteiger partial charge in [0.1, 0.15) is 12.2 Å². The molecular weight excluding hydrogens is 307 g/mol. The van der Waals surface area contributed by atoms with Gasteiger partial charge < -0.3 is 24.6 Å². The van der Waals surface area contributed by atoms with Crippen LogP contribution in [0.5, 0.6) is 0 Å².